The first-order valence-electron chi connectivity index (χ1n) is 5.78. The van der Waals surface area contributed by atoms with Gasteiger partial charge in [0.05, 0.1) is 0 Å². The van der Waals surface area contributed by atoms with E-state index in [-0.39, 0.29) is 18.0 Å². The van der Waals surface area contributed by atoms with Crippen molar-refractivity contribution in [2.45, 2.75) is 46.7 Å². The molecule has 5 nitrogen and oxygen atoms in total. The van der Waals surface area contributed by atoms with Gasteiger partial charge in [-0.15, -0.1) is 0 Å². The Morgan fingerprint density at radius 3 is 1.94 bits per heavy atom. The second kappa shape index (κ2) is 7.09. The topological polar surface area (TPSA) is 61.4 Å². The van der Waals surface area contributed by atoms with Gasteiger partial charge in [0.15, 0.2) is 0 Å². The minimum atomic E-state index is -0.487. The molecule has 16 heavy (non-hydrogen) atoms. The summed E-state index contributed by atoms with van der Waals surface area (Å²) in [5.74, 6) is -0.0519. The highest BCUT2D eigenvalue weighted by molar-refractivity contribution is 5.86. The third-order valence-electron chi connectivity index (χ3n) is 2.21. The van der Waals surface area contributed by atoms with E-state index in [9.17, 15) is 9.59 Å². The standard InChI is InChI=1S/C11H23N3O2/c1-6-14(7-2)10(15)9(5)13-11(16)12-8(3)4/h8-9H,6-7H2,1-5H3,(H2,12,13,16). The van der Waals surface area contributed by atoms with Crippen LogP contribution in [-0.4, -0.2) is 42.0 Å². The van der Waals surface area contributed by atoms with E-state index < -0.39 is 6.04 Å². The molecule has 0 aliphatic heterocycles. The Morgan fingerprint density at radius 2 is 1.56 bits per heavy atom. The van der Waals surface area contributed by atoms with Crippen molar-refractivity contribution in [1.82, 2.24) is 15.5 Å². The Bertz CT molecular complexity index is 237. The maximum atomic E-state index is 11.8. The minimum absolute atomic E-state index is 0.0519. The van der Waals surface area contributed by atoms with Gasteiger partial charge in [-0.3, -0.25) is 4.79 Å². The zero-order valence-corrected chi connectivity index (χ0v) is 10.8. The fourth-order valence-electron chi connectivity index (χ4n) is 1.37. The molecule has 0 aromatic carbocycles. The average Bonchev–Trinajstić information content (AvgIpc) is 2.17. The predicted octanol–water partition coefficient (Wildman–Crippen LogP) is 0.951. The van der Waals surface area contributed by atoms with Crippen LogP contribution in [0.25, 0.3) is 0 Å². The molecular formula is C11H23N3O2. The van der Waals surface area contributed by atoms with E-state index in [1.54, 1.807) is 11.8 Å². The van der Waals surface area contributed by atoms with Gasteiger partial charge in [0, 0.05) is 19.1 Å². The second-order valence-corrected chi connectivity index (χ2v) is 4.00. The summed E-state index contributed by atoms with van der Waals surface area (Å²) in [6, 6.07) is -0.725. The van der Waals surface area contributed by atoms with Gasteiger partial charge in [-0.25, -0.2) is 4.79 Å². The molecule has 94 valence electrons. The van der Waals surface area contributed by atoms with Crippen LogP contribution in [-0.2, 0) is 4.79 Å². The lowest BCUT2D eigenvalue weighted by Crippen LogP contribution is -2.50. The van der Waals surface area contributed by atoms with Gasteiger partial charge >= 0.3 is 6.03 Å². The summed E-state index contributed by atoms with van der Waals surface area (Å²) in [4.78, 5) is 24.9. The Balaban J connectivity index is 4.19. The molecule has 0 aromatic rings. The van der Waals surface area contributed by atoms with Crippen LogP contribution in [0.4, 0.5) is 4.79 Å². The summed E-state index contributed by atoms with van der Waals surface area (Å²) < 4.78 is 0. The lowest BCUT2D eigenvalue weighted by Gasteiger charge is -2.23. The second-order valence-electron chi connectivity index (χ2n) is 4.00. The van der Waals surface area contributed by atoms with Crippen molar-refractivity contribution in [2.75, 3.05) is 13.1 Å². The molecule has 0 heterocycles. The molecule has 0 saturated heterocycles. The molecule has 0 radical (unpaired) electrons. The first kappa shape index (κ1) is 14.7. The molecule has 5 heteroatoms. The van der Waals surface area contributed by atoms with Crippen molar-refractivity contribution < 1.29 is 9.59 Å². The van der Waals surface area contributed by atoms with Crippen LogP contribution in [0.5, 0.6) is 0 Å². The van der Waals surface area contributed by atoms with Gasteiger partial charge in [-0.2, -0.15) is 0 Å². The number of rotatable bonds is 5. The molecule has 0 aromatic heterocycles. The molecule has 0 aliphatic rings. The number of amides is 3. The number of nitrogens with zero attached hydrogens (tertiary/aromatic N) is 1. The number of carbonyl (C=O) groups is 2. The highest BCUT2D eigenvalue weighted by Crippen LogP contribution is 1.94. The monoisotopic (exact) mass is 229 g/mol. The lowest BCUT2D eigenvalue weighted by atomic mass is 10.3. The Hall–Kier alpha value is -1.26. The highest BCUT2D eigenvalue weighted by atomic mass is 16.2. The molecule has 1 atom stereocenters. The highest BCUT2D eigenvalue weighted by Gasteiger charge is 2.19. The fraction of sp³-hybridized carbons (Fsp3) is 0.818. The molecule has 0 saturated carbocycles. The smallest absolute Gasteiger partial charge is 0.315 e. The van der Waals surface area contributed by atoms with Crippen molar-refractivity contribution in [3.05, 3.63) is 0 Å². The van der Waals surface area contributed by atoms with Crippen molar-refractivity contribution in [3.63, 3.8) is 0 Å². The molecule has 1 unspecified atom stereocenters. The average molecular weight is 229 g/mol. The van der Waals surface area contributed by atoms with Gasteiger partial charge in [0.1, 0.15) is 6.04 Å². The minimum Gasteiger partial charge on any atom is -0.341 e. The molecule has 0 fully saturated rings. The molecule has 0 rings (SSSR count). The van der Waals surface area contributed by atoms with Crippen molar-refractivity contribution in [2.24, 2.45) is 0 Å². The van der Waals surface area contributed by atoms with Crippen molar-refractivity contribution in [1.29, 1.82) is 0 Å². The molecule has 0 spiro atoms. The molecule has 2 N–H and O–H groups in total. The van der Waals surface area contributed by atoms with Gasteiger partial charge in [0.25, 0.3) is 0 Å². The Kier molecular flexibility index (Phi) is 6.53. The van der Waals surface area contributed by atoms with E-state index in [1.807, 2.05) is 27.7 Å². The summed E-state index contributed by atoms with van der Waals surface area (Å²) in [6.07, 6.45) is 0. The van der Waals surface area contributed by atoms with Gasteiger partial charge in [-0.05, 0) is 34.6 Å². The van der Waals surface area contributed by atoms with Crippen LogP contribution in [0.15, 0.2) is 0 Å². The lowest BCUT2D eigenvalue weighted by molar-refractivity contribution is -0.132. The SMILES string of the molecule is CCN(CC)C(=O)C(C)NC(=O)NC(C)C. The van der Waals surface area contributed by atoms with E-state index in [0.717, 1.165) is 0 Å². The first-order valence-corrected chi connectivity index (χ1v) is 5.78. The normalized spacial score (nSPS) is 12.1. The van der Waals surface area contributed by atoms with Gasteiger partial charge in [0.2, 0.25) is 5.91 Å². The zero-order chi connectivity index (χ0) is 12.7. The first-order chi connectivity index (χ1) is 7.42. The number of hydrogen-bond acceptors (Lipinski definition) is 2. The van der Waals surface area contributed by atoms with Crippen LogP contribution < -0.4 is 10.6 Å². The summed E-state index contributed by atoms with van der Waals surface area (Å²) in [6.45, 7) is 10.6. The van der Waals surface area contributed by atoms with Crippen molar-refractivity contribution in [3.8, 4) is 0 Å². The predicted molar refractivity (Wildman–Crippen MR) is 64.2 cm³/mol. The fourth-order valence-corrected chi connectivity index (χ4v) is 1.37. The Labute approximate surface area is 97.6 Å². The van der Waals surface area contributed by atoms with E-state index in [0.29, 0.717) is 13.1 Å². The Morgan fingerprint density at radius 1 is 1.06 bits per heavy atom. The number of nitrogens with one attached hydrogen (secondary N) is 2. The third kappa shape index (κ3) is 5.00. The summed E-state index contributed by atoms with van der Waals surface area (Å²) in [5, 5.41) is 5.30. The molecule has 3 amide bonds. The van der Waals surface area contributed by atoms with Crippen LogP contribution in [0.2, 0.25) is 0 Å². The quantitative estimate of drug-likeness (QED) is 0.737. The third-order valence-corrected chi connectivity index (χ3v) is 2.21. The molecule has 0 aliphatic carbocycles. The maximum absolute atomic E-state index is 11.8. The maximum Gasteiger partial charge on any atom is 0.315 e. The summed E-state index contributed by atoms with van der Waals surface area (Å²) >= 11 is 0. The van der Waals surface area contributed by atoms with E-state index >= 15 is 0 Å². The number of carbonyl (C=O) groups excluding carboxylic acids is 2. The molecular weight excluding hydrogens is 206 g/mol. The largest absolute Gasteiger partial charge is 0.341 e. The van der Waals surface area contributed by atoms with E-state index in [1.165, 1.54) is 0 Å². The van der Waals surface area contributed by atoms with Crippen LogP contribution in [0, 0.1) is 0 Å². The van der Waals surface area contributed by atoms with Gasteiger partial charge in [-0.1, -0.05) is 0 Å². The molecule has 0 bridgehead atoms. The van der Waals surface area contributed by atoms with Gasteiger partial charge < -0.3 is 15.5 Å². The van der Waals surface area contributed by atoms with Crippen LogP contribution in [0.3, 0.4) is 0 Å². The number of urea groups is 1. The number of hydrogen-bond donors (Lipinski definition) is 2. The van der Waals surface area contributed by atoms with E-state index in [4.69, 9.17) is 0 Å². The van der Waals surface area contributed by atoms with E-state index in [2.05, 4.69) is 10.6 Å². The summed E-state index contributed by atoms with van der Waals surface area (Å²) in [5.41, 5.74) is 0. The van der Waals surface area contributed by atoms with Crippen LogP contribution in [0.1, 0.15) is 34.6 Å². The zero-order valence-electron chi connectivity index (χ0n) is 10.8. The summed E-state index contributed by atoms with van der Waals surface area (Å²) in [7, 11) is 0. The van der Waals surface area contributed by atoms with Crippen molar-refractivity contribution >= 4 is 11.9 Å². The van der Waals surface area contributed by atoms with Crippen LogP contribution >= 0.6 is 0 Å². The number of likely N-dealkylation sites (N-methyl/N-ethyl adjacent to an activating group) is 1.